The number of likely N-dealkylation sites (tertiary alicyclic amines) is 1. The Hall–Kier alpha value is -1.98. The fraction of sp³-hybridized carbons (Fsp3) is 0.571. The van der Waals surface area contributed by atoms with E-state index in [2.05, 4.69) is 12.2 Å². The number of hydrogen-bond acceptors (Lipinski definition) is 3. The zero-order valence-corrected chi connectivity index (χ0v) is 12.1. The van der Waals surface area contributed by atoms with Gasteiger partial charge >= 0.3 is 0 Å². The van der Waals surface area contributed by atoms with Crippen molar-refractivity contribution < 1.29 is 9.59 Å². The summed E-state index contributed by atoms with van der Waals surface area (Å²) in [6, 6.07) is 1.71. The van der Waals surface area contributed by atoms with Gasteiger partial charge in [0, 0.05) is 38.8 Å². The maximum absolute atomic E-state index is 12.3. The van der Waals surface area contributed by atoms with E-state index in [-0.39, 0.29) is 17.9 Å². The van der Waals surface area contributed by atoms with Crippen molar-refractivity contribution in [3.63, 3.8) is 0 Å². The zero-order chi connectivity index (χ0) is 14.7. The van der Waals surface area contributed by atoms with Gasteiger partial charge in [-0.15, -0.1) is 0 Å². The van der Waals surface area contributed by atoms with E-state index >= 15 is 0 Å². The van der Waals surface area contributed by atoms with Crippen molar-refractivity contribution in [1.29, 1.82) is 0 Å². The molecule has 1 aromatic rings. The minimum Gasteiger partial charge on any atom is -0.397 e. The molecular weight excluding hydrogens is 256 g/mol. The summed E-state index contributed by atoms with van der Waals surface area (Å²) < 4.78 is 1.88. The molecule has 6 nitrogen and oxygen atoms in total. The summed E-state index contributed by atoms with van der Waals surface area (Å²) in [7, 11) is 1.76. The third kappa shape index (κ3) is 3.12. The van der Waals surface area contributed by atoms with Crippen LogP contribution in [-0.2, 0) is 11.3 Å². The first-order chi connectivity index (χ1) is 9.51. The van der Waals surface area contributed by atoms with Crippen LogP contribution in [0.15, 0.2) is 12.3 Å². The summed E-state index contributed by atoms with van der Waals surface area (Å²) in [5.41, 5.74) is 6.95. The van der Waals surface area contributed by atoms with Gasteiger partial charge in [0.1, 0.15) is 5.69 Å². The van der Waals surface area contributed by atoms with Gasteiger partial charge < -0.3 is 20.5 Å². The monoisotopic (exact) mass is 278 g/mol. The molecule has 1 atom stereocenters. The highest BCUT2D eigenvalue weighted by Gasteiger charge is 2.25. The van der Waals surface area contributed by atoms with Crippen molar-refractivity contribution in [3.8, 4) is 0 Å². The van der Waals surface area contributed by atoms with E-state index in [1.807, 2.05) is 4.57 Å². The largest absolute Gasteiger partial charge is 0.397 e. The maximum Gasteiger partial charge on any atom is 0.268 e. The second kappa shape index (κ2) is 5.98. The lowest BCUT2D eigenvalue weighted by molar-refractivity contribution is -0.132. The molecule has 0 bridgehead atoms. The predicted octanol–water partition coefficient (Wildman–Crippen LogP) is 0.831. The van der Waals surface area contributed by atoms with Gasteiger partial charge in [0.15, 0.2) is 0 Å². The lowest BCUT2D eigenvalue weighted by Crippen LogP contribution is -2.48. The van der Waals surface area contributed by atoms with Gasteiger partial charge in [0.05, 0.1) is 5.69 Å². The van der Waals surface area contributed by atoms with Gasteiger partial charge in [-0.3, -0.25) is 9.59 Å². The highest BCUT2D eigenvalue weighted by Crippen LogP contribution is 2.14. The molecule has 20 heavy (non-hydrogen) atoms. The number of anilines is 1. The van der Waals surface area contributed by atoms with Crippen LogP contribution in [0.3, 0.4) is 0 Å². The van der Waals surface area contributed by atoms with Crippen molar-refractivity contribution >= 4 is 17.5 Å². The smallest absolute Gasteiger partial charge is 0.268 e. The molecule has 0 aromatic carbocycles. The zero-order valence-electron chi connectivity index (χ0n) is 12.1. The van der Waals surface area contributed by atoms with Crippen LogP contribution in [0.25, 0.3) is 0 Å². The lowest BCUT2D eigenvalue weighted by atomic mass is 10.1. The number of nitrogen functional groups attached to an aromatic ring is 1. The number of amides is 2. The molecule has 6 heteroatoms. The van der Waals surface area contributed by atoms with Crippen LogP contribution >= 0.6 is 0 Å². The van der Waals surface area contributed by atoms with Crippen molar-refractivity contribution in [3.05, 3.63) is 18.0 Å². The van der Waals surface area contributed by atoms with E-state index in [0.717, 1.165) is 13.0 Å². The topological polar surface area (TPSA) is 80.4 Å². The van der Waals surface area contributed by atoms with Crippen LogP contribution in [0.1, 0.15) is 36.7 Å². The van der Waals surface area contributed by atoms with Gasteiger partial charge in [0.25, 0.3) is 5.91 Å². The number of nitrogens with one attached hydrogen (secondary N) is 1. The molecule has 1 fully saturated rings. The van der Waals surface area contributed by atoms with E-state index in [0.29, 0.717) is 30.8 Å². The molecule has 1 aliphatic rings. The van der Waals surface area contributed by atoms with Crippen LogP contribution in [0.2, 0.25) is 0 Å². The summed E-state index contributed by atoms with van der Waals surface area (Å²) in [6.07, 6.45) is 3.91. The summed E-state index contributed by atoms with van der Waals surface area (Å²) >= 11 is 0. The Morgan fingerprint density at radius 1 is 1.55 bits per heavy atom. The highest BCUT2D eigenvalue weighted by molar-refractivity contribution is 5.94. The first-order valence-corrected chi connectivity index (χ1v) is 7.01. The van der Waals surface area contributed by atoms with Gasteiger partial charge in [-0.2, -0.15) is 0 Å². The number of nitrogens with zero attached hydrogens (tertiary/aromatic N) is 2. The molecule has 0 aliphatic carbocycles. The van der Waals surface area contributed by atoms with Gasteiger partial charge in [-0.05, 0) is 18.9 Å². The van der Waals surface area contributed by atoms with E-state index < -0.39 is 0 Å². The Morgan fingerprint density at radius 3 is 2.95 bits per heavy atom. The number of piperidine rings is 1. The fourth-order valence-corrected chi connectivity index (χ4v) is 2.54. The first kappa shape index (κ1) is 14.4. The number of carbonyl (C=O) groups is 2. The van der Waals surface area contributed by atoms with Crippen LogP contribution in [0.4, 0.5) is 5.69 Å². The minimum atomic E-state index is -0.122. The molecule has 0 radical (unpaired) electrons. The average molecular weight is 278 g/mol. The third-order valence-electron chi connectivity index (χ3n) is 3.58. The number of hydrogen-bond donors (Lipinski definition) is 2. The number of rotatable bonds is 4. The number of aromatic nitrogens is 1. The molecule has 0 spiro atoms. The number of nitrogens with two attached hydrogens (primary N) is 1. The second-order valence-corrected chi connectivity index (χ2v) is 5.34. The van der Waals surface area contributed by atoms with Crippen LogP contribution in [0, 0.1) is 0 Å². The summed E-state index contributed by atoms with van der Waals surface area (Å²) in [4.78, 5) is 25.4. The number of likely N-dealkylation sites (N-methyl/N-ethyl adjacent to an activating group) is 1. The Labute approximate surface area is 118 Å². The van der Waals surface area contributed by atoms with Gasteiger partial charge in [0.2, 0.25) is 5.91 Å². The Balaban J connectivity index is 2.03. The molecule has 1 saturated heterocycles. The molecule has 1 aliphatic heterocycles. The molecule has 3 N–H and O–H groups in total. The highest BCUT2D eigenvalue weighted by atomic mass is 16.2. The normalized spacial score (nSPS) is 19.2. The van der Waals surface area contributed by atoms with E-state index in [1.54, 1.807) is 24.2 Å². The van der Waals surface area contributed by atoms with Crippen LogP contribution in [-0.4, -0.2) is 40.9 Å². The predicted molar refractivity (Wildman–Crippen MR) is 77.3 cm³/mol. The third-order valence-corrected chi connectivity index (χ3v) is 3.58. The Kier molecular flexibility index (Phi) is 4.32. The molecule has 2 rings (SSSR count). The summed E-state index contributed by atoms with van der Waals surface area (Å²) in [6.45, 7) is 3.39. The number of carbonyl (C=O) groups excluding carboxylic acids is 2. The number of aryl methyl sites for hydroxylation is 1. The molecule has 0 saturated carbocycles. The molecule has 110 valence electrons. The summed E-state index contributed by atoms with van der Waals surface area (Å²) in [5, 5.41) is 2.99. The van der Waals surface area contributed by atoms with Crippen molar-refractivity contribution in [2.75, 3.05) is 19.3 Å². The van der Waals surface area contributed by atoms with Crippen LogP contribution in [0.5, 0.6) is 0 Å². The fourth-order valence-electron chi connectivity index (χ4n) is 2.54. The molecule has 1 unspecified atom stereocenters. The SMILES string of the molecule is CCCn1cc(N)cc1C(=O)NC1CCC(=O)N(C)C1. The van der Waals surface area contributed by atoms with Crippen molar-refractivity contribution in [1.82, 2.24) is 14.8 Å². The summed E-state index contributed by atoms with van der Waals surface area (Å²) in [5.74, 6) is 0.0111. The second-order valence-electron chi connectivity index (χ2n) is 5.34. The van der Waals surface area contributed by atoms with Gasteiger partial charge in [-0.25, -0.2) is 0 Å². The van der Waals surface area contributed by atoms with E-state index in [9.17, 15) is 9.59 Å². The van der Waals surface area contributed by atoms with E-state index in [1.165, 1.54) is 0 Å². The maximum atomic E-state index is 12.3. The Bertz CT molecular complexity index is 509. The minimum absolute atomic E-state index is 0.0106. The lowest BCUT2D eigenvalue weighted by Gasteiger charge is -2.30. The van der Waals surface area contributed by atoms with Crippen LogP contribution < -0.4 is 11.1 Å². The molecule has 1 aromatic heterocycles. The molecule has 2 amide bonds. The standard InChI is InChI=1S/C14H22N4O2/c1-3-6-18-8-10(15)7-12(18)14(20)16-11-4-5-13(19)17(2)9-11/h7-8,11H,3-6,9,15H2,1-2H3,(H,16,20). The first-order valence-electron chi connectivity index (χ1n) is 7.01. The molecule has 2 heterocycles. The Morgan fingerprint density at radius 2 is 2.30 bits per heavy atom. The van der Waals surface area contributed by atoms with Crippen molar-refractivity contribution in [2.45, 2.75) is 38.8 Å². The van der Waals surface area contributed by atoms with Gasteiger partial charge in [-0.1, -0.05) is 6.92 Å². The van der Waals surface area contributed by atoms with Crippen molar-refractivity contribution in [2.24, 2.45) is 0 Å². The average Bonchev–Trinajstić information content (AvgIpc) is 2.75. The van der Waals surface area contributed by atoms with E-state index in [4.69, 9.17) is 5.73 Å². The molecular formula is C14H22N4O2. The quantitative estimate of drug-likeness (QED) is 0.856.